The molecule has 1 aromatic carbocycles. The van der Waals surface area contributed by atoms with Crippen molar-refractivity contribution in [1.29, 1.82) is 0 Å². The number of nitrogen functional groups attached to an aromatic ring is 1. The van der Waals surface area contributed by atoms with E-state index in [1.807, 2.05) is 0 Å². The van der Waals surface area contributed by atoms with Gasteiger partial charge in [-0.05, 0) is 6.07 Å². The molecule has 0 spiro atoms. The molecule has 7 heteroatoms. The molecule has 1 aromatic rings. The number of anilines is 1. The first kappa shape index (κ1) is 10.3. The molecule has 14 heavy (non-hydrogen) atoms. The summed E-state index contributed by atoms with van der Waals surface area (Å²) in [5.41, 5.74) is 4.23. The summed E-state index contributed by atoms with van der Waals surface area (Å²) in [6.07, 6.45) is 0. The van der Waals surface area contributed by atoms with Crippen LogP contribution < -0.4 is 5.73 Å². The Morgan fingerprint density at radius 2 is 2.14 bits per heavy atom. The van der Waals surface area contributed by atoms with Crippen molar-refractivity contribution in [3.63, 3.8) is 0 Å². The number of hydrogen-bond acceptors (Lipinski definition) is 4. The van der Waals surface area contributed by atoms with Gasteiger partial charge in [0.25, 0.3) is 5.69 Å². The number of nitro groups is 1. The number of benzene rings is 1. The van der Waals surface area contributed by atoms with E-state index in [4.69, 9.17) is 22.4 Å². The number of rotatable bonds is 2. The lowest BCUT2D eigenvalue weighted by molar-refractivity contribution is -0.385. The van der Waals surface area contributed by atoms with Crippen LogP contribution in [0.2, 0.25) is 5.02 Å². The van der Waals surface area contributed by atoms with Gasteiger partial charge in [0, 0.05) is 6.07 Å². The molecular weight excluding hydrogens is 212 g/mol. The topological polar surface area (TPSA) is 106 Å². The third-order valence-corrected chi connectivity index (χ3v) is 1.87. The summed E-state index contributed by atoms with van der Waals surface area (Å²) in [6.45, 7) is 0. The second-order valence-electron chi connectivity index (χ2n) is 2.45. The number of aromatic carboxylic acids is 1. The molecule has 0 saturated heterocycles. The molecule has 74 valence electrons. The molecular formula is C7H5ClN2O4. The molecule has 0 unspecified atom stereocenters. The third kappa shape index (κ3) is 1.74. The van der Waals surface area contributed by atoms with E-state index in [1.165, 1.54) is 0 Å². The number of carboxylic acid groups (broad SMARTS) is 1. The molecule has 0 saturated carbocycles. The summed E-state index contributed by atoms with van der Waals surface area (Å²) in [4.78, 5) is 20.2. The van der Waals surface area contributed by atoms with Gasteiger partial charge in [0.2, 0.25) is 0 Å². The van der Waals surface area contributed by atoms with E-state index in [-0.39, 0.29) is 10.7 Å². The standard InChI is InChI=1S/C7H5ClN2O4/c8-4-1-3(7(11)12)6(10(13)14)2-5(4)9/h1-2H,9H2,(H,11,12). The Morgan fingerprint density at radius 1 is 1.57 bits per heavy atom. The number of halogens is 1. The van der Waals surface area contributed by atoms with Gasteiger partial charge in [0.15, 0.2) is 0 Å². The molecule has 0 atom stereocenters. The summed E-state index contributed by atoms with van der Waals surface area (Å²) in [5.74, 6) is -1.42. The maximum absolute atomic E-state index is 10.6. The average Bonchev–Trinajstić information content (AvgIpc) is 2.08. The molecule has 3 N–H and O–H groups in total. The largest absolute Gasteiger partial charge is 0.477 e. The Morgan fingerprint density at radius 3 is 2.57 bits per heavy atom. The third-order valence-electron chi connectivity index (χ3n) is 1.54. The van der Waals surface area contributed by atoms with E-state index in [9.17, 15) is 14.9 Å². The highest BCUT2D eigenvalue weighted by Gasteiger charge is 2.21. The van der Waals surface area contributed by atoms with Crippen molar-refractivity contribution in [3.8, 4) is 0 Å². The molecule has 0 aromatic heterocycles. The van der Waals surface area contributed by atoms with Gasteiger partial charge in [-0.25, -0.2) is 4.79 Å². The van der Waals surface area contributed by atoms with Crippen LogP contribution in [0.5, 0.6) is 0 Å². The average molecular weight is 217 g/mol. The van der Waals surface area contributed by atoms with Crippen LogP contribution in [0.4, 0.5) is 11.4 Å². The normalized spacial score (nSPS) is 9.79. The first-order valence-corrected chi connectivity index (χ1v) is 3.78. The highest BCUT2D eigenvalue weighted by atomic mass is 35.5. The maximum Gasteiger partial charge on any atom is 0.342 e. The zero-order chi connectivity index (χ0) is 10.9. The molecule has 0 bridgehead atoms. The van der Waals surface area contributed by atoms with Crippen molar-refractivity contribution in [2.45, 2.75) is 0 Å². The van der Waals surface area contributed by atoms with Gasteiger partial charge in [0.1, 0.15) is 5.56 Å². The second-order valence-corrected chi connectivity index (χ2v) is 2.86. The Balaban J connectivity index is 3.46. The molecule has 0 aliphatic heterocycles. The Hall–Kier alpha value is -1.82. The van der Waals surface area contributed by atoms with E-state index in [1.54, 1.807) is 0 Å². The van der Waals surface area contributed by atoms with Crippen molar-refractivity contribution in [2.24, 2.45) is 0 Å². The summed E-state index contributed by atoms with van der Waals surface area (Å²) in [7, 11) is 0. The highest BCUT2D eigenvalue weighted by Crippen LogP contribution is 2.28. The highest BCUT2D eigenvalue weighted by molar-refractivity contribution is 6.33. The van der Waals surface area contributed by atoms with Gasteiger partial charge < -0.3 is 10.8 Å². The number of hydrogen-bond donors (Lipinski definition) is 2. The van der Waals surface area contributed by atoms with Crippen LogP contribution in [-0.2, 0) is 0 Å². The van der Waals surface area contributed by atoms with Crippen LogP contribution in [0, 0.1) is 10.1 Å². The van der Waals surface area contributed by atoms with Crippen LogP contribution >= 0.6 is 11.6 Å². The number of nitro benzene ring substituents is 1. The Bertz CT molecular complexity index is 379. The SMILES string of the molecule is Nc1cc([N+](=O)[O-])c(C(=O)O)cc1Cl. The number of carbonyl (C=O) groups is 1. The van der Waals surface area contributed by atoms with Crippen molar-refractivity contribution in [2.75, 3.05) is 5.73 Å². The quantitative estimate of drug-likeness (QED) is 0.443. The predicted molar refractivity (Wildman–Crippen MR) is 49.5 cm³/mol. The summed E-state index contributed by atoms with van der Waals surface area (Å²) < 4.78 is 0. The minimum Gasteiger partial charge on any atom is -0.477 e. The van der Waals surface area contributed by atoms with Gasteiger partial charge in [0.05, 0.1) is 15.6 Å². The van der Waals surface area contributed by atoms with Gasteiger partial charge in [-0.2, -0.15) is 0 Å². The Labute approximate surface area is 83.0 Å². The summed E-state index contributed by atoms with van der Waals surface area (Å²) >= 11 is 5.52. The first-order valence-electron chi connectivity index (χ1n) is 3.40. The maximum atomic E-state index is 10.6. The molecule has 0 aliphatic carbocycles. The lowest BCUT2D eigenvalue weighted by Gasteiger charge is -2.01. The molecule has 0 fully saturated rings. The summed E-state index contributed by atoms with van der Waals surface area (Å²) in [6, 6.07) is 1.88. The lowest BCUT2D eigenvalue weighted by atomic mass is 10.1. The smallest absolute Gasteiger partial charge is 0.342 e. The molecule has 0 aliphatic rings. The number of nitrogens with zero attached hydrogens (tertiary/aromatic N) is 1. The fraction of sp³-hybridized carbons (Fsp3) is 0. The number of nitrogens with two attached hydrogens (primary N) is 1. The van der Waals surface area contributed by atoms with Crippen molar-refractivity contribution in [1.82, 2.24) is 0 Å². The van der Waals surface area contributed by atoms with E-state index in [0.717, 1.165) is 12.1 Å². The van der Waals surface area contributed by atoms with E-state index < -0.39 is 22.1 Å². The molecule has 6 nitrogen and oxygen atoms in total. The van der Waals surface area contributed by atoms with E-state index >= 15 is 0 Å². The van der Waals surface area contributed by atoms with Crippen molar-refractivity contribution in [3.05, 3.63) is 32.8 Å². The first-order chi connectivity index (χ1) is 6.43. The summed E-state index contributed by atoms with van der Waals surface area (Å²) in [5, 5.41) is 19.0. The minimum atomic E-state index is -1.42. The molecule has 0 heterocycles. The Kier molecular flexibility index (Phi) is 2.57. The van der Waals surface area contributed by atoms with Crippen LogP contribution in [0.3, 0.4) is 0 Å². The molecule has 1 rings (SSSR count). The van der Waals surface area contributed by atoms with Crippen LogP contribution in [0.25, 0.3) is 0 Å². The van der Waals surface area contributed by atoms with Crippen LogP contribution in [-0.4, -0.2) is 16.0 Å². The van der Waals surface area contributed by atoms with Gasteiger partial charge in [-0.1, -0.05) is 11.6 Å². The van der Waals surface area contributed by atoms with Gasteiger partial charge >= 0.3 is 5.97 Å². The monoisotopic (exact) mass is 216 g/mol. The van der Waals surface area contributed by atoms with Gasteiger partial charge in [-0.15, -0.1) is 0 Å². The van der Waals surface area contributed by atoms with Gasteiger partial charge in [-0.3, -0.25) is 10.1 Å². The zero-order valence-corrected chi connectivity index (χ0v) is 7.49. The predicted octanol–water partition coefficient (Wildman–Crippen LogP) is 1.53. The van der Waals surface area contributed by atoms with Crippen LogP contribution in [0.15, 0.2) is 12.1 Å². The molecule has 0 amide bonds. The van der Waals surface area contributed by atoms with Crippen molar-refractivity contribution < 1.29 is 14.8 Å². The second kappa shape index (κ2) is 3.51. The fourth-order valence-electron chi connectivity index (χ4n) is 0.900. The van der Waals surface area contributed by atoms with E-state index in [0.29, 0.717) is 0 Å². The number of carboxylic acids is 1. The minimum absolute atomic E-state index is 0.0204. The van der Waals surface area contributed by atoms with Crippen LogP contribution in [0.1, 0.15) is 10.4 Å². The van der Waals surface area contributed by atoms with E-state index in [2.05, 4.69) is 0 Å². The molecule has 0 radical (unpaired) electrons. The zero-order valence-electron chi connectivity index (χ0n) is 6.73. The fourth-order valence-corrected chi connectivity index (χ4v) is 1.06. The lowest BCUT2D eigenvalue weighted by Crippen LogP contribution is -2.03. The van der Waals surface area contributed by atoms with Crippen molar-refractivity contribution >= 4 is 28.9 Å².